The summed E-state index contributed by atoms with van der Waals surface area (Å²) in [5.74, 6) is 0. The van der Waals surface area contributed by atoms with E-state index in [1.807, 2.05) is 23.9 Å². The molecule has 1 aromatic rings. The normalized spacial score (nSPS) is 10.5. The van der Waals surface area contributed by atoms with Gasteiger partial charge in [-0.25, -0.2) is 0 Å². The van der Waals surface area contributed by atoms with Crippen LogP contribution in [0, 0.1) is 6.92 Å². The van der Waals surface area contributed by atoms with Crippen LogP contribution in [0.3, 0.4) is 0 Å². The lowest BCUT2D eigenvalue weighted by molar-refractivity contribution is 1.11. The van der Waals surface area contributed by atoms with E-state index >= 15 is 0 Å². The van der Waals surface area contributed by atoms with Gasteiger partial charge in [0.05, 0.1) is 0 Å². The van der Waals surface area contributed by atoms with Gasteiger partial charge in [-0.1, -0.05) is 32.0 Å². The van der Waals surface area contributed by atoms with Gasteiger partial charge in [0.2, 0.25) is 0 Å². The highest BCUT2D eigenvalue weighted by atomic mass is 32.2. The molecule has 0 heterocycles. The Morgan fingerprint density at radius 1 is 1.27 bits per heavy atom. The summed E-state index contributed by atoms with van der Waals surface area (Å²) in [6.07, 6.45) is 0. The highest BCUT2D eigenvalue weighted by Crippen LogP contribution is 2.25. The first kappa shape index (κ1) is 8.66. The molecule has 1 radical (unpaired) electrons. The van der Waals surface area contributed by atoms with Crippen LogP contribution in [0.5, 0.6) is 0 Å². The van der Waals surface area contributed by atoms with Gasteiger partial charge in [-0.2, -0.15) is 0 Å². The fraction of sp³-hybridized carbons (Fsp3) is 0.300. The van der Waals surface area contributed by atoms with Gasteiger partial charge in [0.15, 0.2) is 0 Å². The van der Waals surface area contributed by atoms with E-state index < -0.39 is 0 Å². The van der Waals surface area contributed by atoms with Crippen LogP contribution in [0.4, 0.5) is 0 Å². The van der Waals surface area contributed by atoms with E-state index in [0.29, 0.717) is 5.25 Å². The lowest BCUT2D eigenvalue weighted by Crippen LogP contribution is -1.87. The average Bonchev–Trinajstić information content (AvgIpc) is 1.93. The summed E-state index contributed by atoms with van der Waals surface area (Å²) in [5.41, 5.74) is 1.13. The van der Waals surface area contributed by atoms with E-state index in [9.17, 15) is 0 Å². The number of hydrogen-bond donors (Lipinski definition) is 0. The Balaban J connectivity index is 2.78. The molecule has 0 amide bonds. The molecule has 1 heteroatoms. The van der Waals surface area contributed by atoms with E-state index in [4.69, 9.17) is 0 Å². The first-order valence-corrected chi connectivity index (χ1v) is 4.66. The van der Waals surface area contributed by atoms with E-state index in [-0.39, 0.29) is 0 Å². The zero-order chi connectivity index (χ0) is 8.27. The van der Waals surface area contributed by atoms with Crippen molar-refractivity contribution in [3.05, 3.63) is 36.8 Å². The van der Waals surface area contributed by atoms with Crippen molar-refractivity contribution in [3.8, 4) is 0 Å². The van der Waals surface area contributed by atoms with Crippen molar-refractivity contribution in [2.24, 2.45) is 0 Å². The second-order valence-electron chi connectivity index (χ2n) is 2.77. The predicted octanol–water partition coefficient (Wildman–Crippen LogP) is 3.37. The molecule has 0 N–H and O–H groups in total. The SMILES string of the molecule is [CH2]c1ccccc1SC(C)C. The van der Waals surface area contributed by atoms with Crippen LogP contribution < -0.4 is 0 Å². The van der Waals surface area contributed by atoms with Gasteiger partial charge in [0.1, 0.15) is 0 Å². The van der Waals surface area contributed by atoms with Crippen molar-refractivity contribution < 1.29 is 0 Å². The number of rotatable bonds is 2. The Morgan fingerprint density at radius 3 is 2.45 bits per heavy atom. The molecule has 59 valence electrons. The molecule has 0 spiro atoms. The van der Waals surface area contributed by atoms with Gasteiger partial charge in [0.25, 0.3) is 0 Å². The third-order valence-electron chi connectivity index (χ3n) is 1.34. The van der Waals surface area contributed by atoms with Crippen LogP contribution in [0.1, 0.15) is 19.4 Å². The van der Waals surface area contributed by atoms with Crippen molar-refractivity contribution in [2.45, 2.75) is 24.0 Å². The topological polar surface area (TPSA) is 0 Å². The van der Waals surface area contributed by atoms with Crippen LogP contribution in [0.15, 0.2) is 29.2 Å². The highest BCUT2D eigenvalue weighted by Gasteiger charge is 1.99. The number of benzene rings is 1. The molecule has 1 aromatic carbocycles. The van der Waals surface area contributed by atoms with Gasteiger partial charge >= 0.3 is 0 Å². The maximum Gasteiger partial charge on any atom is 0.0107 e. The third-order valence-corrected chi connectivity index (χ3v) is 2.46. The minimum absolute atomic E-state index is 0.637. The van der Waals surface area contributed by atoms with Crippen LogP contribution in [0.25, 0.3) is 0 Å². The summed E-state index contributed by atoms with van der Waals surface area (Å²) < 4.78 is 0. The molecule has 0 unspecified atom stereocenters. The van der Waals surface area contributed by atoms with Crippen molar-refractivity contribution >= 4 is 11.8 Å². The van der Waals surface area contributed by atoms with Gasteiger partial charge in [0, 0.05) is 10.1 Å². The molecule has 0 nitrogen and oxygen atoms in total. The smallest absolute Gasteiger partial charge is 0.0107 e. The van der Waals surface area contributed by atoms with Gasteiger partial charge < -0.3 is 0 Å². The second-order valence-corrected chi connectivity index (χ2v) is 4.39. The zero-order valence-corrected chi connectivity index (χ0v) is 7.82. The lowest BCUT2D eigenvalue weighted by atomic mass is 10.2. The molecular weight excluding hydrogens is 152 g/mol. The quantitative estimate of drug-likeness (QED) is 0.605. The zero-order valence-electron chi connectivity index (χ0n) is 7.00. The van der Waals surface area contributed by atoms with E-state index in [1.165, 1.54) is 4.90 Å². The molecule has 0 aliphatic carbocycles. The summed E-state index contributed by atoms with van der Waals surface area (Å²) >= 11 is 1.86. The van der Waals surface area contributed by atoms with Crippen molar-refractivity contribution in [1.29, 1.82) is 0 Å². The average molecular weight is 165 g/mol. The molecule has 0 bridgehead atoms. The molecule has 0 saturated heterocycles. The molecule has 0 aromatic heterocycles. The van der Waals surface area contributed by atoms with Gasteiger partial charge in [-0.05, 0) is 18.6 Å². The monoisotopic (exact) mass is 165 g/mol. The highest BCUT2D eigenvalue weighted by molar-refractivity contribution is 8.00. The molecule has 0 aliphatic rings. The molecule has 1 rings (SSSR count). The fourth-order valence-corrected chi connectivity index (χ4v) is 1.76. The number of thioether (sulfide) groups is 1. The Morgan fingerprint density at radius 2 is 1.91 bits per heavy atom. The van der Waals surface area contributed by atoms with Gasteiger partial charge in [-0.3, -0.25) is 0 Å². The largest absolute Gasteiger partial charge is 0.123 e. The summed E-state index contributed by atoms with van der Waals surface area (Å²) in [5, 5.41) is 0.637. The summed E-state index contributed by atoms with van der Waals surface area (Å²) in [7, 11) is 0. The fourth-order valence-electron chi connectivity index (χ4n) is 0.873. The first-order chi connectivity index (χ1) is 5.20. The van der Waals surface area contributed by atoms with Crippen LogP contribution in [0.2, 0.25) is 0 Å². The number of hydrogen-bond acceptors (Lipinski definition) is 1. The predicted molar refractivity (Wildman–Crippen MR) is 51.9 cm³/mol. The molecule has 0 atom stereocenters. The Bertz CT molecular complexity index is 228. The Kier molecular flexibility index (Phi) is 3.01. The molecule has 11 heavy (non-hydrogen) atoms. The third kappa shape index (κ3) is 2.58. The first-order valence-electron chi connectivity index (χ1n) is 3.78. The van der Waals surface area contributed by atoms with E-state index in [1.54, 1.807) is 0 Å². The molecule has 0 saturated carbocycles. The van der Waals surface area contributed by atoms with Crippen molar-refractivity contribution in [2.75, 3.05) is 0 Å². The minimum Gasteiger partial charge on any atom is -0.123 e. The second kappa shape index (κ2) is 3.82. The summed E-state index contributed by atoms with van der Waals surface area (Å²) in [6.45, 7) is 8.34. The van der Waals surface area contributed by atoms with Crippen LogP contribution in [-0.4, -0.2) is 5.25 Å². The van der Waals surface area contributed by atoms with Crippen molar-refractivity contribution in [3.63, 3.8) is 0 Å². The maximum absolute atomic E-state index is 3.95. The molecular formula is C10H13S. The lowest BCUT2D eigenvalue weighted by Gasteiger charge is -2.06. The summed E-state index contributed by atoms with van der Waals surface area (Å²) in [6, 6.07) is 8.24. The van der Waals surface area contributed by atoms with Crippen LogP contribution in [-0.2, 0) is 0 Å². The Labute approximate surface area is 73.0 Å². The van der Waals surface area contributed by atoms with Crippen LogP contribution >= 0.6 is 11.8 Å². The maximum atomic E-state index is 3.95. The standard InChI is InChI=1S/C10H13S/c1-8(2)11-10-7-5-4-6-9(10)3/h4-8H,3H2,1-2H3. The van der Waals surface area contributed by atoms with Gasteiger partial charge in [-0.15, -0.1) is 11.8 Å². The molecule has 0 aliphatic heterocycles. The van der Waals surface area contributed by atoms with E-state index in [2.05, 4.69) is 32.9 Å². The van der Waals surface area contributed by atoms with Crippen molar-refractivity contribution in [1.82, 2.24) is 0 Å². The van der Waals surface area contributed by atoms with E-state index in [0.717, 1.165) is 5.56 Å². The summed E-state index contributed by atoms with van der Waals surface area (Å²) in [4.78, 5) is 1.29. The minimum atomic E-state index is 0.637. The molecule has 0 fully saturated rings. The Hall–Kier alpha value is -0.430.